The molecule has 3 aromatic carbocycles. The van der Waals surface area contributed by atoms with Crippen molar-refractivity contribution in [3.05, 3.63) is 87.4 Å². The second-order valence-electron chi connectivity index (χ2n) is 7.11. The molecule has 0 heterocycles. The zero-order chi connectivity index (χ0) is 23.8. The van der Waals surface area contributed by atoms with Crippen LogP contribution in [0.15, 0.2) is 70.2 Å². The van der Waals surface area contributed by atoms with Crippen molar-refractivity contribution < 1.29 is 23.8 Å². The molecule has 3 rings (SSSR count). The average molecular weight is 511 g/mol. The predicted octanol–water partition coefficient (Wildman–Crippen LogP) is 4.82. The summed E-state index contributed by atoms with van der Waals surface area (Å²) in [6.07, 6.45) is 1.46. The third-order valence-corrected chi connectivity index (χ3v) is 5.10. The van der Waals surface area contributed by atoms with E-state index >= 15 is 0 Å². The first-order chi connectivity index (χ1) is 15.9. The van der Waals surface area contributed by atoms with Gasteiger partial charge in [-0.2, -0.15) is 5.10 Å². The van der Waals surface area contributed by atoms with Crippen molar-refractivity contribution in [3.63, 3.8) is 0 Å². The van der Waals surface area contributed by atoms with E-state index in [9.17, 15) is 9.59 Å². The molecule has 0 saturated carbocycles. The van der Waals surface area contributed by atoms with E-state index in [1.54, 1.807) is 36.4 Å². The monoisotopic (exact) mass is 510 g/mol. The van der Waals surface area contributed by atoms with E-state index in [1.165, 1.54) is 13.3 Å². The fourth-order valence-electron chi connectivity index (χ4n) is 3.00. The van der Waals surface area contributed by atoms with Gasteiger partial charge in [0, 0.05) is 4.47 Å². The topological polar surface area (TPSA) is 86.2 Å². The van der Waals surface area contributed by atoms with Gasteiger partial charge in [-0.15, -0.1) is 0 Å². The number of hydrogen-bond acceptors (Lipinski definition) is 6. The van der Waals surface area contributed by atoms with Crippen molar-refractivity contribution in [2.24, 2.45) is 5.10 Å². The molecule has 0 fully saturated rings. The number of amides is 1. The van der Waals surface area contributed by atoms with Gasteiger partial charge in [0.1, 0.15) is 5.75 Å². The SMILES string of the molecule is COc1cc(C=NNC(=O)COc2c(C)cccc2C)ccc1OC(=O)c1cccc(Br)c1. The number of benzene rings is 3. The second kappa shape index (κ2) is 11.3. The van der Waals surface area contributed by atoms with Crippen LogP contribution in [0, 0.1) is 13.8 Å². The van der Waals surface area contributed by atoms with Crippen LogP contribution >= 0.6 is 15.9 Å². The van der Waals surface area contributed by atoms with E-state index in [4.69, 9.17) is 14.2 Å². The smallest absolute Gasteiger partial charge is 0.343 e. The molecule has 1 N–H and O–H groups in total. The van der Waals surface area contributed by atoms with Crippen molar-refractivity contribution in [2.75, 3.05) is 13.7 Å². The fourth-order valence-corrected chi connectivity index (χ4v) is 3.40. The number of rotatable bonds is 8. The van der Waals surface area contributed by atoms with Crippen molar-refractivity contribution in [1.29, 1.82) is 0 Å². The number of esters is 1. The second-order valence-corrected chi connectivity index (χ2v) is 8.03. The van der Waals surface area contributed by atoms with Gasteiger partial charge in [-0.25, -0.2) is 10.2 Å². The number of hydrogen-bond donors (Lipinski definition) is 1. The van der Waals surface area contributed by atoms with E-state index in [0.717, 1.165) is 15.6 Å². The maximum absolute atomic E-state index is 12.4. The highest BCUT2D eigenvalue weighted by atomic mass is 79.9. The molecule has 0 unspecified atom stereocenters. The molecule has 0 saturated heterocycles. The minimum Gasteiger partial charge on any atom is -0.493 e. The van der Waals surface area contributed by atoms with Crippen LogP contribution in [0.25, 0.3) is 0 Å². The summed E-state index contributed by atoms with van der Waals surface area (Å²) in [7, 11) is 1.47. The Balaban J connectivity index is 1.58. The molecule has 7 nitrogen and oxygen atoms in total. The highest BCUT2D eigenvalue weighted by Crippen LogP contribution is 2.28. The van der Waals surface area contributed by atoms with Gasteiger partial charge in [-0.1, -0.05) is 40.2 Å². The number of hydrazone groups is 1. The molecule has 0 aliphatic heterocycles. The number of methoxy groups -OCH3 is 1. The Bertz CT molecular complexity index is 1170. The van der Waals surface area contributed by atoms with Gasteiger partial charge >= 0.3 is 5.97 Å². The van der Waals surface area contributed by atoms with Crippen molar-refractivity contribution in [3.8, 4) is 17.2 Å². The van der Waals surface area contributed by atoms with E-state index in [0.29, 0.717) is 22.6 Å². The molecule has 33 heavy (non-hydrogen) atoms. The Morgan fingerprint density at radius 3 is 2.42 bits per heavy atom. The first-order valence-corrected chi connectivity index (χ1v) is 10.8. The van der Waals surface area contributed by atoms with E-state index in [2.05, 4.69) is 26.5 Å². The van der Waals surface area contributed by atoms with Crippen molar-refractivity contribution in [1.82, 2.24) is 5.43 Å². The molecule has 0 aliphatic carbocycles. The average Bonchev–Trinajstić information content (AvgIpc) is 2.79. The summed E-state index contributed by atoms with van der Waals surface area (Å²) in [6, 6.07) is 17.6. The summed E-state index contributed by atoms with van der Waals surface area (Å²) in [5, 5.41) is 3.95. The lowest BCUT2D eigenvalue weighted by atomic mass is 10.1. The highest BCUT2D eigenvalue weighted by Gasteiger charge is 2.13. The maximum atomic E-state index is 12.4. The lowest BCUT2D eigenvalue weighted by molar-refractivity contribution is -0.123. The first-order valence-electron chi connectivity index (χ1n) is 10.0. The summed E-state index contributed by atoms with van der Waals surface area (Å²) >= 11 is 3.33. The Labute approximate surface area is 200 Å². The van der Waals surface area contributed by atoms with Gasteiger partial charge in [0.15, 0.2) is 18.1 Å². The normalized spacial score (nSPS) is 10.7. The molecule has 0 bridgehead atoms. The number of carbonyl (C=O) groups excluding carboxylic acids is 2. The molecule has 8 heteroatoms. The molecule has 0 atom stereocenters. The maximum Gasteiger partial charge on any atom is 0.343 e. The third-order valence-electron chi connectivity index (χ3n) is 4.61. The molecule has 0 aliphatic rings. The largest absolute Gasteiger partial charge is 0.493 e. The summed E-state index contributed by atoms with van der Waals surface area (Å²) in [5.74, 6) is 0.416. The molecule has 3 aromatic rings. The fraction of sp³-hybridized carbons (Fsp3) is 0.160. The van der Waals surface area contributed by atoms with Gasteiger partial charge in [0.25, 0.3) is 5.91 Å². The summed E-state index contributed by atoms with van der Waals surface area (Å²) < 4.78 is 17.2. The molecular weight excluding hydrogens is 488 g/mol. The molecule has 1 amide bonds. The summed E-state index contributed by atoms with van der Waals surface area (Å²) in [5.41, 5.74) is 5.39. The number of aryl methyl sites for hydroxylation is 2. The van der Waals surface area contributed by atoms with Crippen molar-refractivity contribution in [2.45, 2.75) is 13.8 Å². The van der Waals surface area contributed by atoms with E-state index < -0.39 is 5.97 Å². The van der Waals surface area contributed by atoms with E-state index in [-0.39, 0.29) is 18.3 Å². The molecule has 0 radical (unpaired) electrons. The molecule has 0 spiro atoms. The first kappa shape index (κ1) is 24.0. The number of carbonyl (C=O) groups is 2. The Kier molecular flexibility index (Phi) is 8.21. The van der Waals surface area contributed by atoms with Gasteiger partial charge in [0.05, 0.1) is 18.9 Å². The van der Waals surface area contributed by atoms with Crippen molar-refractivity contribution >= 4 is 34.0 Å². The van der Waals surface area contributed by atoms with Crippen LogP contribution in [0.2, 0.25) is 0 Å². The Morgan fingerprint density at radius 1 is 1.00 bits per heavy atom. The van der Waals surface area contributed by atoms with Gasteiger partial charge in [-0.05, 0) is 66.9 Å². The zero-order valence-electron chi connectivity index (χ0n) is 18.4. The minimum atomic E-state index is -0.507. The van der Waals surface area contributed by atoms with Gasteiger partial charge in [-0.3, -0.25) is 4.79 Å². The van der Waals surface area contributed by atoms with Crippen LogP contribution in [0.5, 0.6) is 17.2 Å². The van der Waals surface area contributed by atoms with Crippen LogP contribution in [0.4, 0.5) is 0 Å². The molecule has 170 valence electrons. The van der Waals surface area contributed by atoms with Crippen LogP contribution in [-0.4, -0.2) is 31.8 Å². The van der Waals surface area contributed by atoms with Crippen LogP contribution in [-0.2, 0) is 4.79 Å². The lowest BCUT2D eigenvalue weighted by Crippen LogP contribution is -2.25. The number of halogens is 1. The van der Waals surface area contributed by atoms with Crippen LogP contribution in [0.3, 0.4) is 0 Å². The van der Waals surface area contributed by atoms with Crippen LogP contribution < -0.4 is 19.6 Å². The number of nitrogens with zero attached hydrogens (tertiary/aromatic N) is 1. The summed E-state index contributed by atoms with van der Waals surface area (Å²) in [4.78, 5) is 24.4. The minimum absolute atomic E-state index is 0.156. The zero-order valence-corrected chi connectivity index (χ0v) is 20.0. The summed E-state index contributed by atoms with van der Waals surface area (Å²) in [6.45, 7) is 3.69. The molecule has 0 aromatic heterocycles. The van der Waals surface area contributed by atoms with Gasteiger partial charge < -0.3 is 14.2 Å². The van der Waals surface area contributed by atoms with Gasteiger partial charge in [0.2, 0.25) is 0 Å². The standard InChI is InChI=1S/C25H23BrN2O5/c1-16-6-4-7-17(2)24(16)32-15-23(29)28-27-14-18-10-11-21(22(12-18)31-3)33-25(30)19-8-5-9-20(26)13-19/h4-14H,15H2,1-3H3,(H,28,29). The predicted molar refractivity (Wildman–Crippen MR) is 129 cm³/mol. The number of ether oxygens (including phenoxy) is 3. The highest BCUT2D eigenvalue weighted by molar-refractivity contribution is 9.10. The number of para-hydroxylation sites is 1. The van der Waals surface area contributed by atoms with E-state index in [1.807, 2.05) is 38.1 Å². The number of nitrogens with one attached hydrogen (secondary N) is 1. The van der Waals surface area contributed by atoms with Crippen LogP contribution in [0.1, 0.15) is 27.0 Å². The molecular formula is C25H23BrN2O5. The Hall–Kier alpha value is -3.65. The Morgan fingerprint density at radius 2 is 1.73 bits per heavy atom. The quantitative estimate of drug-likeness (QED) is 0.203. The lowest BCUT2D eigenvalue weighted by Gasteiger charge is -2.11. The third kappa shape index (κ3) is 6.66.